The highest BCUT2D eigenvalue weighted by atomic mass is 35.5. The lowest BCUT2D eigenvalue weighted by Gasteiger charge is -2.16. The van der Waals surface area contributed by atoms with Crippen LogP contribution in [0.5, 0.6) is 0 Å². The lowest BCUT2D eigenvalue weighted by atomic mass is 10.2. The van der Waals surface area contributed by atoms with Crippen molar-refractivity contribution in [2.75, 3.05) is 19.3 Å². The molecule has 0 aliphatic rings. The topological polar surface area (TPSA) is 3.24 Å². The quantitative estimate of drug-likeness (QED) is 0.718. The molecule has 3 heteroatoms. The van der Waals surface area contributed by atoms with Gasteiger partial charge in [-0.25, -0.2) is 0 Å². The summed E-state index contributed by atoms with van der Waals surface area (Å²) in [5.74, 6) is 1.11. The van der Waals surface area contributed by atoms with Crippen LogP contribution in [0.25, 0.3) is 0 Å². The van der Waals surface area contributed by atoms with Crippen LogP contribution in [-0.2, 0) is 6.54 Å². The molecule has 0 radical (unpaired) electrons. The number of benzene rings is 2. The highest BCUT2D eigenvalue weighted by Gasteiger charge is 2.01. The van der Waals surface area contributed by atoms with Gasteiger partial charge in [0.25, 0.3) is 0 Å². The summed E-state index contributed by atoms with van der Waals surface area (Å²) >= 11 is 7.78. The molecule has 0 heterocycles. The van der Waals surface area contributed by atoms with Gasteiger partial charge in [0.15, 0.2) is 0 Å². The number of halogens is 1. The van der Waals surface area contributed by atoms with Crippen molar-refractivity contribution in [2.24, 2.45) is 0 Å². The largest absolute Gasteiger partial charge is 0.301 e. The first-order valence-corrected chi connectivity index (χ1v) is 7.71. The van der Waals surface area contributed by atoms with Gasteiger partial charge in [-0.15, -0.1) is 11.8 Å². The molecular weight excluding hydrogens is 274 g/mol. The fraction of sp³-hybridized carbons (Fsp3) is 0.250. The minimum Gasteiger partial charge on any atom is -0.301 e. The Labute approximate surface area is 124 Å². The second-order valence-corrected chi connectivity index (χ2v) is 6.13. The van der Waals surface area contributed by atoms with E-state index in [9.17, 15) is 0 Å². The van der Waals surface area contributed by atoms with Gasteiger partial charge in [-0.3, -0.25) is 0 Å². The van der Waals surface area contributed by atoms with Gasteiger partial charge >= 0.3 is 0 Å². The van der Waals surface area contributed by atoms with Crippen LogP contribution in [0, 0.1) is 0 Å². The molecule has 2 aromatic rings. The van der Waals surface area contributed by atoms with Crippen LogP contribution in [-0.4, -0.2) is 24.2 Å². The molecule has 0 saturated heterocycles. The van der Waals surface area contributed by atoms with Gasteiger partial charge in [-0.2, -0.15) is 0 Å². The van der Waals surface area contributed by atoms with Gasteiger partial charge in [0, 0.05) is 28.8 Å². The van der Waals surface area contributed by atoms with Crippen molar-refractivity contribution in [3.05, 3.63) is 65.2 Å². The minimum atomic E-state index is 0.797. The van der Waals surface area contributed by atoms with E-state index in [1.807, 2.05) is 23.9 Å². The molecule has 0 aliphatic carbocycles. The van der Waals surface area contributed by atoms with Crippen molar-refractivity contribution in [1.29, 1.82) is 0 Å². The zero-order valence-electron chi connectivity index (χ0n) is 11.1. The summed E-state index contributed by atoms with van der Waals surface area (Å²) in [6.07, 6.45) is 0. The maximum atomic E-state index is 5.88. The number of thioether (sulfide) groups is 1. The smallest absolute Gasteiger partial charge is 0.0406 e. The lowest BCUT2D eigenvalue weighted by molar-refractivity contribution is 0.348. The van der Waals surface area contributed by atoms with E-state index in [-0.39, 0.29) is 0 Å². The Hall–Kier alpha value is -0.960. The molecule has 0 aromatic heterocycles. The van der Waals surface area contributed by atoms with E-state index in [0.29, 0.717) is 0 Å². The van der Waals surface area contributed by atoms with E-state index in [2.05, 4.69) is 54.4 Å². The average molecular weight is 292 g/mol. The molecule has 1 nitrogen and oxygen atoms in total. The van der Waals surface area contributed by atoms with Crippen LogP contribution in [0.15, 0.2) is 59.5 Å². The van der Waals surface area contributed by atoms with Crippen LogP contribution < -0.4 is 0 Å². The first kappa shape index (κ1) is 14.4. The molecule has 0 saturated carbocycles. The summed E-state index contributed by atoms with van der Waals surface area (Å²) in [6, 6.07) is 18.6. The summed E-state index contributed by atoms with van der Waals surface area (Å²) in [6.45, 7) is 2.04. The molecule has 0 fully saturated rings. The monoisotopic (exact) mass is 291 g/mol. The maximum absolute atomic E-state index is 5.88. The third-order valence-corrected chi connectivity index (χ3v) is 4.09. The Kier molecular flexibility index (Phi) is 5.77. The number of nitrogens with zero attached hydrogens (tertiary/aromatic N) is 1. The zero-order valence-corrected chi connectivity index (χ0v) is 12.6. The SMILES string of the molecule is CN(CCSc1ccccc1)Cc1ccc(Cl)cc1. The van der Waals surface area contributed by atoms with E-state index < -0.39 is 0 Å². The van der Waals surface area contributed by atoms with Crippen LogP contribution in [0.4, 0.5) is 0 Å². The Morgan fingerprint density at radius 1 is 1.00 bits per heavy atom. The third-order valence-electron chi connectivity index (χ3n) is 2.85. The molecule has 2 aromatic carbocycles. The Morgan fingerprint density at radius 3 is 2.37 bits per heavy atom. The predicted molar refractivity (Wildman–Crippen MR) is 85.0 cm³/mol. The van der Waals surface area contributed by atoms with Gasteiger partial charge in [0.2, 0.25) is 0 Å². The second kappa shape index (κ2) is 7.59. The lowest BCUT2D eigenvalue weighted by Crippen LogP contribution is -2.20. The molecule has 0 unspecified atom stereocenters. The van der Waals surface area contributed by atoms with Gasteiger partial charge in [-0.1, -0.05) is 41.9 Å². The fourth-order valence-electron chi connectivity index (χ4n) is 1.82. The first-order chi connectivity index (χ1) is 9.24. The van der Waals surface area contributed by atoms with Gasteiger partial charge in [0.1, 0.15) is 0 Å². The van der Waals surface area contributed by atoms with Crippen LogP contribution >= 0.6 is 23.4 Å². The van der Waals surface area contributed by atoms with Crippen molar-refractivity contribution in [3.63, 3.8) is 0 Å². The van der Waals surface area contributed by atoms with Gasteiger partial charge < -0.3 is 4.90 Å². The number of hydrogen-bond acceptors (Lipinski definition) is 2. The third kappa shape index (κ3) is 5.27. The van der Waals surface area contributed by atoms with Gasteiger partial charge in [0.05, 0.1) is 0 Å². The van der Waals surface area contributed by atoms with Crippen molar-refractivity contribution in [2.45, 2.75) is 11.4 Å². The van der Waals surface area contributed by atoms with Crippen LogP contribution in [0.1, 0.15) is 5.56 Å². The summed E-state index contributed by atoms with van der Waals surface area (Å²) in [5.41, 5.74) is 1.30. The predicted octanol–water partition coefficient (Wildman–Crippen LogP) is 4.56. The molecule has 2 rings (SSSR count). The zero-order chi connectivity index (χ0) is 13.5. The van der Waals surface area contributed by atoms with E-state index in [4.69, 9.17) is 11.6 Å². The Morgan fingerprint density at radius 2 is 1.68 bits per heavy atom. The molecule has 19 heavy (non-hydrogen) atoms. The van der Waals surface area contributed by atoms with Gasteiger partial charge in [-0.05, 0) is 36.9 Å². The fourth-order valence-corrected chi connectivity index (χ4v) is 2.93. The van der Waals surface area contributed by atoms with Crippen molar-refractivity contribution < 1.29 is 0 Å². The minimum absolute atomic E-state index is 0.797. The van der Waals surface area contributed by atoms with E-state index in [1.165, 1.54) is 10.5 Å². The summed E-state index contributed by atoms with van der Waals surface area (Å²) in [4.78, 5) is 3.67. The van der Waals surface area contributed by atoms with Crippen LogP contribution in [0.2, 0.25) is 5.02 Å². The molecule has 0 atom stereocenters. The summed E-state index contributed by atoms with van der Waals surface area (Å²) in [5, 5.41) is 0.797. The van der Waals surface area contributed by atoms with E-state index in [0.717, 1.165) is 23.9 Å². The highest BCUT2D eigenvalue weighted by molar-refractivity contribution is 7.99. The van der Waals surface area contributed by atoms with Crippen molar-refractivity contribution >= 4 is 23.4 Å². The first-order valence-electron chi connectivity index (χ1n) is 6.35. The molecular formula is C16H18ClNS. The molecule has 0 N–H and O–H groups in total. The van der Waals surface area contributed by atoms with Crippen molar-refractivity contribution in [3.8, 4) is 0 Å². The Bertz CT molecular complexity index is 484. The molecule has 100 valence electrons. The molecule has 0 bridgehead atoms. The summed E-state index contributed by atoms with van der Waals surface area (Å²) in [7, 11) is 2.15. The van der Waals surface area contributed by atoms with E-state index >= 15 is 0 Å². The maximum Gasteiger partial charge on any atom is 0.0406 e. The molecule has 0 spiro atoms. The highest BCUT2D eigenvalue weighted by Crippen LogP contribution is 2.17. The average Bonchev–Trinajstić information content (AvgIpc) is 2.43. The van der Waals surface area contributed by atoms with E-state index in [1.54, 1.807) is 0 Å². The second-order valence-electron chi connectivity index (χ2n) is 4.53. The van der Waals surface area contributed by atoms with Crippen molar-refractivity contribution in [1.82, 2.24) is 4.90 Å². The van der Waals surface area contributed by atoms with Crippen LogP contribution in [0.3, 0.4) is 0 Å². The molecule has 0 aliphatic heterocycles. The number of hydrogen-bond donors (Lipinski definition) is 0. The summed E-state index contributed by atoms with van der Waals surface area (Å²) < 4.78 is 0. The molecule has 0 amide bonds. The normalized spacial score (nSPS) is 10.9. The Balaban J connectivity index is 1.73. The number of rotatable bonds is 6. The standard InChI is InChI=1S/C16H18ClNS/c1-18(13-14-7-9-15(17)10-8-14)11-12-19-16-5-3-2-4-6-16/h2-10H,11-13H2,1H3.